The number of carbonyl (C=O) groups is 2. The lowest BCUT2D eigenvalue weighted by Crippen LogP contribution is -3.27. The molecule has 1 atom stereocenters. The van der Waals surface area contributed by atoms with Crippen LogP contribution in [0.5, 0.6) is 11.5 Å². The molecule has 8 heteroatoms. The van der Waals surface area contributed by atoms with Gasteiger partial charge in [-0.05, 0) is 42.8 Å². The maximum atomic E-state index is 12.5. The number of ether oxygens (including phenoxy) is 2. The number of quaternary nitrogens is 2. The number of hydrogen-bond donors (Lipinski definition) is 4. The van der Waals surface area contributed by atoms with Crippen LogP contribution < -0.4 is 29.9 Å². The molecule has 2 aromatic carbocycles. The van der Waals surface area contributed by atoms with Crippen molar-refractivity contribution < 1.29 is 28.9 Å². The maximum Gasteiger partial charge on any atom is 0.313 e. The van der Waals surface area contributed by atoms with Crippen LogP contribution in [0.2, 0.25) is 0 Å². The van der Waals surface area contributed by atoms with E-state index in [1.54, 1.807) is 6.07 Å². The minimum Gasteiger partial charge on any atom is -0.454 e. The predicted molar refractivity (Wildman–Crippen MR) is 115 cm³/mol. The summed E-state index contributed by atoms with van der Waals surface area (Å²) < 4.78 is 11.0. The van der Waals surface area contributed by atoms with Gasteiger partial charge in [0.05, 0.1) is 13.6 Å². The van der Waals surface area contributed by atoms with Gasteiger partial charge in [0.2, 0.25) is 6.79 Å². The van der Waals surface area contributed by atoms with Gasteiger partial charge < -0.3 is 29.9 Å². The highest BCUT2D eigenvalue weighted by Crippen LogP contribution is 2.33. The molecule has 1 fully saturated rings. The van der Waals surface area contributed by atoms with E-state index in [-0.39, 0.29) is 12.8 Å². The number of anilines is 1. The van der Waals surface area contributed by atoms with E-state index in [0.29, 0.717) is 12.2 Å². The fourth-order valence-corrected chi connectivity index (χ4v) is 4.16. The van der Waals surface area contributed by atoms with Crippen LogP contribution in [0.25, 0.3) is 0 Å². The lowest BCUT2D eigenvalue weighted by Gasteiger charge is -2.33. The van der Waals surface area contributed by atoms with E-state index in [1.165, 1.54) is 9.80 Å². The standard InChI is InChI=1S/C23H28N4O4/c1-16-4-3-5-18(12-16)25-23(29)22(28)24-14-19(27-10-8-26(2)9-11-27)17-6-7-20-21(13-17)31-15-30-20/h3-7,12-13,19H,8-11,14-15H2,1-2H3,(H,24,28)(H,25,29)/p+2/t19-/m0/s1. The summed E-state index contributed by atoms with van der Waals surface area (Å²) in [6.45, 7) is 6.66. The largest absolute Gasteiger partial charge is 0.454 e. The first-order valence-electron chi connectivity index (χ1n) is 10.7. The summed E-state index contributed by atoms with van der Waals surface area (Å²) in [5.41, 5.74) is 2.69. The van der Waals surface area contributed by atoms with E-state index in [4.69, 9.17) is 9.47 Å². The fourth-order valence-electron chi connectivity index (χ4n) is 4.16. The highest BCUT2D eigenvalue weighted by atomic mass is 16.7. The number of carbonyl (C=O) groups excluding carboxylic acids is 2. The van der Waals surface area contributed by atoms with Crippen molar-refractivity contribution in [1.29, 1.82) is 0 Å². The zero-order chi connectivity index (χ0) is 21.8. The van der Waals surface area contributed by atoms with Gasteiger partial charge in [0.25, 0.3) is 0 Å². The average molecular weight is 427 g/mol. The molecule has 2 amide bonds. The highest BCUT2D eigenvalue weighted by molar-refractivity contribution is 6.39. The van der Waals surface area contributed by atoms with Crippen LogP contribution in [0.1, 0.15) is 17.2 Å². The molecule has 4 N–H and O–H groups in total. The zero-order valence-electron chi connectivity index (χ0n) is 18.0. The fraction of sp³-hybridized carbons (Fsp3) is 0.391. The molecule has 8 nitrogen and oxygen atoms in total. The second kappa shape index (κ2) is 9.36. The van der Waals surface area contributed by atoms with E-state index in [9.17, 15) is 9.59 Å². The molecule has 31 heavy (non-hydrogen) atoms. The zero-order valence-corrected chi connectivity index (χ0v) is 18.0. The van der Waals surface area contributed by atoms with Gasteiger partial charge in [0.1, 0.15) is 32.2 Å². The topological polar surface area (TPSA) is 85.5 Å². The molecule has 0 aromatic heterocycles. The Kier molecular flexibility index (Phi) is 6.39. The summed E-state index contributed by atoms with van der Waals surface area (Å²) in [7, 11) is 2.20. The van der Waals surface area contributed by atoms with Crippen LogP contribution in [0.4, 0.5) is 5.69 Å². The molecule has 1 saturated heterocycles. The summed E-state index contributed by atoms with van der Waals surface area (Å²) in [6.07, 6.45) is 0. The summed E-state index contributed by atoms with van der Waals surface area (Å²) >= 11 is 0. The molecule has 2 aliphatic heterocycles. The molecule has 0 aliphatic carbocycles. The number of rotatable bonds is 5. The minimum absolute atomic E-state index is 0.0262. The number of hydrogen-bond acceptors (Lipinski definition) is 4. The smallest absolute Gasteiger partial charge is 0.313 e. The molecule has 0 saturated carbocycles. The van der Waals surface area contributed by atoms with Gasteiger partial charge in [-0.3, -0.25) is 9.59 Å². The van der Waals surface area contributed by atoms with Crippen LogP contribution in [-0.4, -0.2) is 58.4 Å². The van der Waals surface area contributed by atoms with E-state index < -0.39 is 11.8 Å². The summed E-state index contributed by atoms with van der Waals surface area (Å²) in [6, 6.07) is 13.3. The summed E-state index contributed by atoms with van der Waals surface area (Å²) in [4.78, 5) is 27.8. The first-order chi connectivity index (χ1) is 15.0. The third kappa shape index (κ3) is 5.15. The van der Waals surface area contributed by atoms with Crippen molar-refractivity contribution in [3.8, 4) is 11.5 Å². The first-order valence-corrected chi connectivity index (χ1v) is 10.7. The van der Waals surface area contributed by atoms with Crippen molar-refractivity contribution in [3.05, 3.63) is 53.6 Å². The van der Waals surface area contributed by atoms with Crippen LogP contribution >= 0.6 is 0 Å². The van der Waals surface area contributed by atoms with E-state index in [2.05, 4.69) is 17.7 Å². The molecule has 0 radical (unpaired) electrons. The molecule has 0 unspecified atom stereocenters. The maximum absolute atomic E-state index is 12.5. The number of benzene rings is 2. The highest BCUT2D eigenvalue weighted by Gasteiger charge is 2.31. The Balaban J connectivity index is 1.44. The molecule has 164 valence electrons. The predicted octanol–water partition coefficient (Wildman–Crippen LogP) is -1.07. The minimum atomic E-state index is -0.659. The molecule has 4 rings (SSSR count). The van der Waals surface area contributed by atoms with Gasteiger partial charge in [-0.2, -0.15) is 0 Å². The van der Waals surface area contributed by atoms with Crippen molar-refractivity contribution >= 4 is 17.5 Å². The Bertz CT molecular complexity index is 956. The van der Waals surface area contributed by atoms with Gasteiger partial charge in [-0.25, -0.2) is 0 Å². The Morgan fingerprint density at radius 2 is 1.77 bits per heavy atom. The number of amides is 2. The third-order valence-corrected chi connectivity index (χ3v) is 5.99. The van der Waals surface area contributed by atoms with Gasteiger partial charge in [-0.1, -0.05) is 12.1 Å². The molecule has 2 aromatic rings. The van der Waals surface area contributed by atoms with Crippen LogP contribution in [0, 0.1) is 6.92 Å². The molecule has 0 spiro atoms. The Labute approximate surface area is 182 Å². The van der Waals surface area contributed by atoms with Gasteiger partial charge in [0, 0.05) is 11.3 Å². The van der Waals surface area contributed by atoms with Crippen LogP contribution in [-0.2, 0) is 9.59 Å². The molecular formula is C23H30N4O4+2. The van der Waals surface area contributed by atoms with E-state index in [0.717, 1.165) is 48.8 Å². The number of likely N-dealkylation sites (N-methyl/N-ethyl adjacent to an activating group) is 1. The van der Waals surface area contributed by atoms with Gasteiger partial charge in [-0.15, -0.1) is 0 Å². The van der Waals surface area contributed by atoms with Crippen molar-refractivity contribution in [2.24, 2.45) is 0 Å². The average Bonchev–Trinajstić information content (AvgIpc) is 3.23. The Morgan fingerprint density at radius 3 is 2.55 bits per heavy atom. The number of nitrogens with one attached hydrogen (secondary N) is 4. The van der Waals surface area contributed by atoms with Gasteiger partial charge in [0.15, 0.2) is 11.5 Å². The van der Waals surface area contributed by atoms with Crippen LogP contribution in [0.15, 0.2) is 42.5 Å². The van der Waals surface area contributed by atoms with Crippen molar-refractivity contribution in [2.45, 2.75) is 13.0 Å². The Morgan fingerprint density at radius 1 is 1.00 bits per heavy atom. The van der Waals surface area contributed by atoms with Crippen LogP contribution in [0.3, 0.4) is 0 Å². The number of aryl methyl sites for hydroxylation is 1. The number of piperazine rings is 1. The lowest BCUT2D eigenvalue weighted by atomic mass is 10.0. The van der Waals surface area contributed by atoms with E-state index >= 15 is 0 Å². The summed E-state index contributed by atoms with van der Waals surface area (Å²) in [5, 5.41) is 5.51. The summed E-state index contributed by atoms with van der Waals surface area (Å²) in [5.74, 6) is 0.173. The number of fused-ring (bicyclic) bond motifs is 1. The Hall–Kier alpha value is -3.10. The van der Waals surface area contributed by atoms with Gasteiger partial charge >= 0.3 is 11.8 Å². The molecule has 2 heterocycles. The molecular weight excluding hydrogens is 396 g/mol. The SMILES string of the molecule is Cc1cccc(NC(=O)C(=O)NC[C@@H](c2ccc3c(c2)OCO3)[NH+]2CC[NH+](C)CC2)c1. The van der Waals surface area contributed by atoms with Crippen molar-refractivity contribution in [2.75, 3.05) is 51.9 Å². The molecule has 2 aliphatic rings. The monoisotopic (exact) mass is 426 g/mol. The third-order valence-electron chi connectivity index (χ3n) is 5.99. The molecule has 0 bridgehead atoms. The van der Waals surface area contributed by atoms with Crippen molar-refractivity contribution in [3.63, 3.8) is 0 Å². The normalized spacial score (nSPS) is 20.7. The second-order valence-corrected chi connectivity index (χ2v) is 8.31. The lowest BCUT2D eigenvalue weighted by molar-refractivity contribution is -1.02. The quantitative estimate of drug-likeness (QED) is 0.459. The van der Waals surface area contributed by atoms with E-state index in [1.807, 2.05) is 43.3 Å². The van der Waals surface area contributed by atoms with Crippen molar-refractivity contribution in [1.82, 2.24) is 5.32 Å². The second-order valence-electron chi connectivity index (χ2n) is 8.31. The first kappa shape index (κ1) is 21.1.